The van der Waals surface area contributed by atoms with Crippen molar-refractivity contribution in [3.05, 3.63) is 83.9 Å². The third kappa shape index (κ3) is 4.62. The molecule has 2 aliphatic heterocycles. The first kappa shape index (κ1) is 22.0. The van der Waals surface area contributed by atoms with Gasteiger partial charge >= 0.3 is 0 Å². The first-order valence-electron chi connectivity index (χ1n) is 11.7. The largest absolute Gasteiger partial charge is 0.497 e. The minimum absolute atomic E-state index is 0.364. The second-order valence-electron chi connectivity index (χ2n) is 9.21. The average molecular weight is 446 g/mol. The van der Waals surface area contributed by atoms with E-state index in [1.165, 1.54) is 5.56 Å². The molecule has 0 aliphatic carbocycles. The number of piperidine rings is 1. The summed E-state index contributed by atoms with van der Waals surface area (Å²) in [5, 5.41) is 21.6. The van der Waals surface area contributed by atoms with Crippen LogP contribution in [0.1, 0.15) is 42.6 Å². The molecule has 1 fully saturated rings. The molecule has 172 valence electrons. The van der Waals surface area contributed by atoms with Crippen LogP contribution in [-0.2, 0) is 0 Å². The maximum atomic E-state index is 10.8. The lowest BCUT2D eigenvalue weighted by Crippen LogP contribution is -2.51. The topological polar surface area (TPSA) is 62.2 Å². The lowest BCUT2D eigenvalue weighted by atomic mass is 9.81. The van der Waals surface area contributed by atoms with Crippen LogP contribution >= 0.6 is 0 Å². The molecule has 2 heterocycles. The van der Waals surface area contributed by atoms with Gasteiger partial charge in [0, 0.05) is 37.7 Å². The molecule has 5 heteroatoms. The van der Waals surface area contributed by atoms with E-state index in [1.54, 1.807) is 7.11 Å². The third-order valence-corrected chi connectivity index (χ3v) is 7.07. The number of β-amino-alcohol motifs (C(OH)–C–C–N with tert-alkyl or cyclic N) is 1. The predicted molar refractivity (Wildman–Crippen MR) is 128 cm³/mol. The van der Waals surface area contributed by atoms with Crippen molar-refractivity contribution in [3.63, 3.8) is 0 Å². The summed E-state index contributed by atoms with van der Waals surface area (Å²) in [5.74, 6) is 1.46. The van der Waals surface area contributed by atoms with Crippen molar-refractivity contribution in [2.75, 3.05) is 26.7 Å². The molecule has 0 unspecified atom stereocenters. The molecule has 0 aromatic heterocycles. The summed E-state index contributed by atoms with van der Waals surface area (Å²) >= 11 is 0. The number of methoxy groups -OCH3 is 1. The number of nitrogens with zero attached hydrogens (tertiary/aromatic N) is 1. The molecule has 3 aromatic carbocycles. The summed E-state index contributed by atoms with van der Waals surface area (Å²) in [6.07, 6.45) is 1.18. The van der Waals surface area contributed by atoms with Crippen molar-refractivity contribution in [1.82, 2.24) is 4.90 Å². The SMILES string of the molecule is COc1ccc2c(c1)OC1(CCN(C[C@@H](O)c3ccc(-c4ccccc4)cc3)CC1)C[C@@H]2O. The Morgan fingerprint density at radius 2 is 1.70 bits per heavy atom. The van der Waals surface area contributed by atoms with Crippen molar-refractivity contribution in [2.45, 2.75) is 37.1 Å². The number of hydrogen-bond donors (Lipinski definition) is 2. The Hall–Kier alpha value is -2.86. The van der Waals surface area contributed by atoms with Crippen molar-refractivity contribution in [1.29, 1.82) is 0 Å². The molecule has 1 spiro atoms. The highest BCUT2D eigenvalue weighted by molar-refractivity contribution is 5.63. The summed E-state index contributed by atoms with van der Waals surface area (Å²) in [5.41, 5.74) is 3.72. The maximum Gasteiger partial charge on any atom is 0.129 e. The summed E-state index contributed by atoms with van der Waals surface area (Å²) in [6.45, 7) is 2.24. The number of aliphatic hydroxyl groups is 2. The van der Waals surface area contributed by atoms with Gasteiger partial charge in [0.2, 0.25) is 0 Å². The Bertz CT molecular complexity index is 1070. The number of benzene rings is 3. The molecule has 0 saturated carbocycles. The van der Waals surface area contributed by atoms with E-state index < -0.39 is 12.2 Å². The molecule has 2 aliphatic rings. The molecular weight excluding hydrogens is 414 g/mol. The molecule has 0 radical (unpaired) electrons. The number of fused-ring (bicyclic) bond motifs is 1. The van der Waals surface area contributed by atoms with Gasteiger partial charge in [0.25, 0.3) is 0 Å². The van der Waals surface area contributed by atoms with Crippen molar-refractivity contribution >= 4 is 0 Å². The molecule has 0 bridgehead atoms. The van der Waals surface area contributed by atoms with Gasteiger partial charge in [-0.25, -0.2) is 0 Å². The Morgan fingerprint density at radius 1 is 1.00 bits per heavy atom. The number of rotatable bonds is 5. The van der Waals surface area contributed by atoms with E-state index in [4.69, 9.17) is 9.47 Å². The average Bonchev–Trinajstić information content (AvgIpc) is 2.86. The predicted octanol–water partition coefficient (Wildman–Crippen LogP) is 4.75. The number of likely N-dealkylation sites (tertiary alicyclic amines) is 1. The fraction of sp³-hybridized carbons (Fsp3) is 0.357. The van der Waals surface area contributed by atoms with Crippen molar-refractivity contribution in [2.24, 2.45) is 0 Å². The Kier molecular flexibility index (Phi) is 6.11. The smallest absolute Gasteiger partial charge is 0.129 e. The normalized spacial score (nSPS) is 20.6. The second-order valence-corrected chi connectivity index (χ2v) is 9.21. The fourth-order valence-corrected chi connectivity index (χ4v) is 5.07. The molecule has 2 atom stereocenters. The van der Waals surface area contributed by atoms with E-state index in [2.05, 4.69) is 29.2 Å². The van der Waals surface area contributed by atoms with Gasteiger partial charge in [0.1, 0.15) is 17.1 Å². The lowest BCUT2D eigenvalue weighted by molar-refractivity contribution is -0.0588. The highest BCUT2D eigenvalue weighted by Gasteiger charge is 2.43. The molecule has 2 N–H and O–H groups in total. The van der Waals surface area contributed by atoms with Crippen LogP contribution < -0.4 is 9.47 Å². The Labute approximate surface area is 195 Å². The summed E-state index contributed by atoms with van der Waals surface area (Å²) in [6, 6.07) is 24.1. The first-order chi connectivity index (χ1) is 16.0. The van der Waals surface area contributed by atoms with Crippen LogP contribution in [0.2, 0.25) is 0 Å². The zero-order valence-electron chi connectivity index (χ0n) is 19.0. The van der Waals surface area contributed by atoms with Gasteiger partial charge in [-0.2, -0.15) is 0 Å². The minimum Gasteiger partial charge on any atom is -0.497 e. The minimum atomic E-state index is -0.535. The molecule has 0 amide bonds. The van der Waals surface area contributed by atoms with E-state index >= 15 is 0 Å². The van der Waals surface area contributed by atoms with Gasteiger partial charge in [-0.1, -0.05) is 54.6 Å². The second kappa shape index (κ2) is 9.18. The van der Waals surface area contributed by atoms with Gasteiger partial charge < -0.3 is 24.6 Å². The van der Waals surface area contributed by atoms with E-state index in [1.807, 2.05) is 48.5 Å². The van der Waals surface area contributed by atoms with E-state index in [0.29, 0.717) is 13.0 Å². The zero-order valence-corrected chi connectivity index (χ0v) is 19.0. The molecule has 3 aromatic rings. The molecule has 5 rings (SSSR count). The summed E-state index contributed by atoms with van der Waals surface area (Å²) < 4.78 is 11.8. The van der Waals surface area contributed by atoms with E-state index in [0.717, 1.165) is 54.1 Å². The molecular formula is C28H31NO4. The molecule has 5 nitrogen and oxygen atoms in total. The van der Waals surface area contributed by atoms with Gasteiger partial charge in [-0.05, 0) is 41.7 Å². The Morgan fingerprint density at radius 3 is 2.39 bits per heavy atom. The maximum absolute atomic E-state index is 10.8. The standard InChI is InChI=1S/C28H31NO4/c1-32-23-11-12-24-25(30)18-28(33-27(24)17-23)13-15-29(16-14-28)19-26(31)22-9-7-21(8-10-22)20-5-3-2-4-6-20/h2-12,17,25-26,30-31H,13-16,18-19H2,1H3/t25-,26+/m0/s1. The van der Waals surface area contributed by atoms with Crippen LogP contribution in [0.5, 0.6) is 11.5 Å². The van der Waals surface area contributed by atoms with Crippen molar-refractivity contribution in [3.8, 4) is 22.6 Å². The first-order valence-corrected chi connectivity index (χ1v) is 11.7. The van der Waals surface area contributed by atoms with E-state index in [9.17, 15) is 10.2 Å². The van der Waals surface area contributed by atoms with Gasteiger partial charge in [-0.15, -0.1) is 0 Å². The van der Waals surface area contributed by atoms with Crippen LogP contribution in [0.3, 0.4) is 0 Å². The van der Waals surface area contributed by atoms with Crippen LogP contribution in [-0.4, -0.2) is 47.5 Å². The number of hydrogen-bond acceptors (Lipinski definition) is 5. The quantitative estimate of drug-likeness (QED) is 0.594. The van der Waals surface area contributed by atoms with Crippen molar-refractivity contribution < 1.29 is 19.7 Å². The molecule has 33 heavy (non-hydrogen) atoms. The number of aliphatic hydroxyl groups excluding tert-OH is 2. The third-order valence-electron chi connectivity index (χ3n) is 7.07. The fourth-order valence-electron chi connectivity index (χ4n) is 5.07. The van der Waals surface area contributed by atoms with Crippen LogP contribution in [0.4, 0.5) is 0 Å². The van der Waals surface area contributed by atoms with Gasteiger partial charge in [-0.3, -0.25) is 0 Å². The summed E-state index contributed by atoms with van der Waals surface area (Å²) in [7, 11) is 1.63. The zero-order chi connectivity index (χ0) is 22.8. The van der Waals surface area contributed by atoms with Crippen LogP contribution in [0.15, 0.2) is 72.8 Å². The lowest BCUT2D eigenvalue weighted by Gasteiger charge is -2.46. The van der Waals surface area contributed by atoms with Crippen LogP contribution in [0.25, 0.3) is 11.1 Å². The highest BCUT2D eigenvalue weighted by atomic mass is 16.5. The summed E-state index contributed by atoms with van der Waals surface area (Å²) in [4.78, 5) is 2.29. The van der Waals surface area contributed by atoms with Gasteiger partial charge in [0.15, 0.2) is 0 Å². The molecule has 1 saturated heterocycles. The Balaban J connectivity index is 1.20. The van der Waals surface area contributed by atoms with Gasteiger partial charge in [0.05, 0.1) is 19.3 Å². The van der Waals surface area contributed by atoms with Crippen LogP contribution in [0, 0.1) is 0 Å². The monoisotopic (exact) mass is 445 g/mol. The van der Waals surface area contributed by atoms with E-state index in [-0.39, 0.29) is 5.60 Å². The highest BCUT2D eigenvalue weighted by Crippen LogP contribution is 2.45. The number of ether oxygens (including phenoxy) is 2.